The van der Waals surface area contributed by atoms with Crippen molar-refractivity contribution in [2.24, 2.45) is 0 Å². The second-order valence-corrected chi connectivity index (χ2v) is 15.2. The van der Waals surface area contributed by atoms with Crippen LogP contribution in [0.3, 0.4) is 0 Å². The topological polar surface area (TPSA) is 90.4 Å². The van der Waals surface area contributed by atoms with Crippen LogP contribution in [-0.4, -0.2) is 39.0 Å². The molecule has 0 amide bonds. The first kappa shape index (κ1) is 41.6. The number of nitrogens with zero attached hydrogens (tertiary/aromatic N) is 9. The van der Waals surface area contributed by atoms with Crippen LogP contribution in [0.1, 0.15) is 0 Å². The van der Waals surface area contributed by atoms with Crippen molar-refractivity contribution in [3.8, 4) is 79.2 Å². The van der Waals surface area contributed by atoms with Gasteiger partial charge >= 0.3 is 21.1 Å². The normalized spacial score (nSPS) is 10.9. The van der Waals surface area contributed by atoms with Crippen LogP contribution in [0.2, 0.25) is 0 Å². The van der Waals surface area contributed by atoms with E-state index in [9.17, 15) is 0 Å². The summed E-state index contributed by atoms with van der Waals surface area (Å²) in [6.45, 7) is 0. The van der Waals surface area contributed by atoms with E-state index in [-0.39, 0.29) is 21.1 Å². The summed E-state index contributed by atoms with van der Waals surface area (Å²) in [5, 5.41) is 0. The van der Waals surface area contributed by atoms with Gasteiger partial charge in [0, 0.05) is 36.2 Å². The number of benzene rings is 7. The largest absolute Gasteiger partial charge is 2.00 e. The smallest absolute Gasteiger partial charge is 0.395 e. The summed E-state index contributed by atoms with van der Waals surface area (Å²) in [6, 6.07) is 71.5. The molecule has 0 bridgehead atoms. The second-order valence-electron chi connectivity index (χ2n) is 15.2. The van der Waals surface area contributed by atoms with Crippen LogP contribution < -0.4 is 4.90 Å². The van der Waals surface area contributed by atoms with Crippen molar-refractivity contribution in [2.45, 2.75) is 0 Å². The summed E-state index contributed by atoms with van der Waals surface area (Å²) in [5.74, 6) is 1.89. The molecule has 9 nitrogen and oxygen atoms in total. The van der Waals surface area contributed by atoms with Crippen molar-refractivity contribution in [3.63, 3.8) is 0 Å². The molecule has 0 saturated heterocycles. The predicted octanol–water partition coefficient (Wildman–Crippen LogP) is 12.7. The molecule has 0 aliphatic carbocycles. The van der Waals surface area contributed by atoms with E-state index in [1.54, 1.807) is 12.4 Å². The van der Waals surface area contributed by atoms with Crippen molar-refractivity contribution >= 4 is 17.3 Å². The summed E-state index contributed by atoms with van der Waals surface area (Å²) < 4.78 is 3.67. The summed E-state index contributed by atoms with van der Waals surface area (Å²) in [4.78, 5) is 32.3. The Kier molecular flexibility index (Phi) is 11.8. The van der Waals surface area contributed by atoms with E-state index in [2.05, 4.69) is 109 Å². The molecule has 66 heavy (non-hydrogen) atoms. The molecule has 0 N–H and O–H groups in total. The molecule has 316 valence electrons. The minimum atomic E-state index is 0. The van der Waals surface area contributed by atoms with E-state index in [0.29, 0.717) is 23.5 Å². The maximum Gasteiger partial charge on any atom is 2.00 e. The van der Waals surface area contributed by atoms with Gasteiger partial charge in [0.05, 0.1) is 5.69 Å². The van der Waals surface area contributed by atoms with Gasteiger partial charge in [-0.1, -0.05) is 211 Å². The minimum Gasteiger partial charge on any atom is -0.395 e. The van der Waals surface area contributed by atoms with Gasteiger partial charge in [0.2, 0.25) is 0 Å². The maximum absolute atomic E-state index is 5.39. The van der Waals surface area contributed by atoms with Gasteiger partial charge in [-0.05, 0) is 57.2 Å². The van der Waals surface area contributed by atoms with E-state index in [0.717, 1.165) is 73.0 Å². The SMILES string of the molecule is [Pt+2].[c-]1nc(-c2ccccc2)c(-c2ccccc2)n1-c1nccc(N(c2ccnc(-n3[c-]nc(-c4ccccc4)c3-c3ccccc3)n2)c2c(-c3ccccc3)cccc2-c2ccccc2)n1. The minimum absolute atomic E-state index is 0. The average molecular weight is 1030 g/mol. The quantitative estimate of drug-likeness (QED) is 0.119. The first-order chi connectivity index (χ1) is 32.3. The Morgan fingerprint density at radius 3 is 1.05 bits per heavy atom. The third-order valence-corrected chi connectivity index (χ3v) is 11.2. The fraction of sp³-hybridized carbons (Fsp3) is 0. The number of anilines is 3. The second kappa shape index (κ2) is 18.8. The molecule has 4 aromatic heterocycles. The Balaban J connectivity index is 0.00000511. The fourth-order valence-electron chi connectivity index (χ4n) is 8.20. The van der Waals surface area contributed by atoms with Crippen LogP contribution in [0.5, 0.6) is 0 Å². The maximum atomic E-state index is 5.39. The van der Waals surface area contributed by atoms with Gasteiger partial charge in [-0.2, -0.15) is 0 Å². The molecule has 0 aliphatic heterocycles. The van der Waals surface area contributed by atoms with Crippen molar-refractivity contribution in [1.82, 2.24) is 39.0 Å². The van der Waals surface area contributed by atoms with Crippen LogP contribution in [0.4, 0.5) is 17.3 Å². The molecule has 0 atom stereocenters. The monoisotopic (exact) mass is 1030 g/mol. The average Bonchev–Trinajstić information content (AvgIpc) is 4.05. The van der Waals surface area contributed by atoms with Gasteiger partial charge in [-0.15, -0.1) is 0 Å². The first-order valence-electron chi connectivity index (χ1n) is 21.2. The van der Waals surface area contributed by atoms with Gasteiger partial charge in [0.25, 0.3) is 0 Å². The molecule has 11 rings (SSSR count). The molecule has 0 spiro atoms. The number of rotatable bonds is 11. The number of hydrogen-bond acceptors (Lipinski definition) is 7. The molecule has 0 radical (unpaired) electrons. The van der Waals surface area contributed by atoms with Crippen LogP contribution >= 0.6 is 0 Å². The van der Waals surface area contributed by atoms with Crippen LogP contribution in [0.25, 0.3) is 79.2 Å². The van der Waals surface area contributed by atoms with Crippen molar-refractivity contribution in [3.05, 3.63) is 237 Å². The molecule has 0 aliphatic rings. The van der Waals surface area contributed by atoms with E-state index in [1.165, 1.54) is 0 Å². The zero-order valence-electron chi connectivity index (χ0n) is 35.2. The third-order valence-electron chi connectivity index (χ3n) is 11.2. The van der Waals surface area contributed by atoms with Crippen molar-refractivity contribution < 1.29 is 21.1 Å². The number of hydrogen-bond donors (Lipinski definition) is 0. The Morgan fingerprint density at radius 2 is 0.682 bits per heavy atom. The molecular weight excluding hydrogens is 994 g/mol. The van der Waals surface area contributed by atoms with Crippen LogP contribution in [0, 0.1) is 12.7 Å². The first-order valence-corrected chi connectivity index (χ1v) is 21.2. The number of imidazole rings is 2. The Bertz CT molecular complexity index is 3140. The molecule has 0 saturated carbocycles. The van der Waals surface area contributed by atoms with Gasteiger partial charge in [-0.3, -0.25) is 14.9 Å². The summed E-state index contributed by atoms with van der Waals surface area (Å²) in [7, 11) is 0. The molecule has 11 aromatic rings. The van der Waals surface area contributed by atoms with E-state index < -0.39 is 0 Å². The molecule has 4 heterocycles. The molecule has 7 aromatic carbocycles. The van der Waals surface area contributed by atoms with Gasteiger partial charge < -0.3 is 19.1 Å². The number of aromatic nitrogens is 8. The third kappa shape index (κ3) is 8.04. The van der Waals surface area contributed by atoms with Gasteiger partial charge in [-0.25, -0.2) is 9.97 Å². The van der Waals surface area contributed by atoms with E-state index >= 15 is 0 Å². The molecular formula is C56H37N9Pt. The molecule has 10 heteroatoms. The molecule has 0 unspecified atom stereocenters. The predicted molar refractivity (Wildman–Crippen MR) is 257 cm³/mol. The van der Waals surface area contributed by atoms with Gasteiger partial charge in [0.15, 0.2) is 11.9 Å². The zero-order chi connectivity index (χ0) is 43.4. The van der Waals surface area contributed by atoms with Gasteiger partial charge in [0.1, 0.15) is 11.6 Å². The Morgan fingerprint density at radius 1 is 0.348 bits per heavy atom. The van der Waals surface area contributed by atoms with Crippen molar-refractivity contribution in [1.29, 1.82) is 0 Å². The summed E-state index contributed by atoms with van der Waals surface area (Å²) in [5.41, 5.74) is 11.9. The Hall–Kier alpha value is -8.39. The summed E-state index contributed by atoms with van der Waals surface area (Å²) >= 11 is 0. The standard InChI is InChI=1S/C56H37N9.Pt/c1-7-20-40(21-8-1)46-32-19-33-47(41-22-9-2-10-23-41)54(46)65(48-34-36-57-55(61-48)63-38-59-50(42-24-11-3-12-25-42)52(63)44-28-15-5-16-29-44)49-35-37-58-56(62-49)64-39-60-51(43-26-13-4-14-27-43)53(64)45-30-17-6-18-31-45;/h1-37H;/q-2;+2. The van der Waals surface area contributed by atoms with Crippen LogP contribution in [0.15, 0.2) is 225 Å². The van der Waals surface area contributed by atoms with E-state index in [4.69, 9.17) is 29.9 Å². The van der Waals surface area contributed by atoms with E-state index in [1.807, 2.05) is 130 Å². The fourth-order valence-corrected chi connectivity index (χ4v) is 8.20. The zero-order valence-corrected chi connectivity index (χ0v) is 37.5. The van der Waals surface area contributed by atoms with Crippen LogP contribution in [-0.2, 0) is 21.1 Å². The molecule has 0 fully saturated rings. The Labute approximate surface area is 396 Å². The van der Waals surface area contributed by atoms with Crippen molar-refractivity contribution in [2.75, 3.05) is 4.90 Å². The number of para-hydroxylation sites is 1. The summed E-state index contributed by atoms with van der Waals surface area (Å²) in [6.07, 6.45) is 10.1.